The lowest BCUT2D eigenvalue weighted by Gasteiger charge is -2.21. The second kappa shape index (κ2) is 7.90. The van der Waals surface area contributed by atoms with Crippen molar-refractivity contribution in [2.24, 2.45) is 0 Å². The molecule has 3 heteroatoms. The first-order chi connectivity index (χ1) is 8.90. The molecule has 0 aliphatic heterocycles. The van der Waals surface area contributed by atoms with Gasteiger partial charge in [-0.25, -0.2) is 0 Å². The molecule has 2 nitrogen and oxygen atoms in total. The SMILES string of the molecule is CNC1=C(CCNSC2CC=CCC2)CCCC1. The Morgan fingerprint density at radius 3 is 2.94 bits per heavy atom. The van der Waals surface area contributed by atoms with Crippen LogP contribution in [-0.2, 0) is 0 Å². The predicted octanol–water partition coefficient (Wildman–Crippen LogP) is 3.77. The van der Waals surface area contributed by atoms with E-state index in [1.165, 1.54) is 57.1 Å². The highest BCUT2D eigenvalue weighted by Crippen LogP contribution is 2.26. The molecule has 1 atom stereocenters. The summed E-state index contributed by atoms with van der Waals surface area (Å²) in [7, 11) is 2.07. The first-order valence-electron chi connectivity index (χ1n) is 7.32. The van der Waals surface area contributed by atoms with E-state index in [4.69, 9.17) is 0 Å². The summed E-state index contributed by atoms with van der Waals surface area (Å²) in [5, 5.41) is 4.17. The Hall–Kier alpha value is -0.410. The van der Waals surface area contributed by atoms with Crippen molar-refractivity contribution >= 4 is 11.9 Å². The number of rotatable bonds is 6. The molecule has 0 saturated heterocycles. The van der Waals surface area contributed by atoms with Crippen LogP contribution in [0.25, 0.3) is 0 Å². The minimum atomic E-state index is 0.791. The van der Waals surface area contributed by atoms with Crippen LogP contribution in [0.3, 0.4) is 0 Å². The van der Waals surface area contributed by atoms with Gasteiger partial charge in [0, 0.05) is 24.5 Å². The molecule has 0 amide bonds. The predicted molar refractivity (Wildman–Crippen MR) is 81.5 cm³/mol. The summed E-state index contributed by atoms with van der Waals surface area (Å²) < 4.78 is 3.57. The Kier molecular flexibility index (Phi) is 6.15. The second-order valence-corrected chi connectivity index (χ2v) is 6.40. The normalized spacial score (nSPS) is 24.4. The topological polar surface area (TPSA) is 24.1 Å². The third-order valence-electron chi connectivity index (χ3n) is 3.88. The highest BCUT2D eigenvalue weighted by atomic mass is 32.2. The van der Waals surface area contributed by atoms with Crippen LogP contribution in [0.1, 0.15) is 51.4 Å². The smallest absolute Gasteiger partial charge is 0.0230 e. The van der Waals surface area contributed by atoms with Gasteiger partial charge < -0.3 is 5.32 Å². The fraction of sp³-hybridized carbons (Fsp3) is 0.733. The molecule has 2 aliphatic rings. The Bertz CT molecular complexity index is 310. The fourth-order valence-electron chi connectivity index (χ4n) is 2.80. The highest BCUT2D eigenvalue weighted by Gasteiger charge is 2.12. The quantitative estimate of drug-likeness (QED) is 0.435. The zero-order chi connectivity index (χ0) is 12.6. The largest absolute Gasteiger partial charge is 0.391 e. The molecule has 0 heterocycles. The average molecular weight is 266 g/mol. The molecule has 2 rings (SSSR count). The standard InChI is InChI=1S/C15H26N2S/c1-16-15-10-6-5-7-13(15)11-12-17-18-14-8-3-2-4-9-14/h2-3,14,16-17H,4-12H2,1H3. The molecule has 102 valence electrons. The molecule has 0 aromatic carbocycles. The van der Waals surface area contributed by atoms with Gasteiger partial charge >= 0.3 is 0 Å². The molecule has 2 aliphatic carbocycles. The van der Waals surface area contributed by atoms with Crippen molar-refractivity contribution in [3.63, 3.8) is 0 Å². The van der Waals surface area contributed by atoms with E-state index in [0.717, 1.165) is 11.8 Å². The van der Waals surface area contributed by atoms with Crippen LogP contribution < -0.4 is 10.0 Å². The minimum absolute atomic E-state index is 0.791. The molecular weight excluding hydrogens is 240 g/mol. The van der Waals surface area contributed by atoms with Gasteiger partial charge in [0.2, 0.25) is 0 Å². The Morgan fingerprint density at radius 2 is 2.17 bits per heavy atom. The summed E-state index contributed by atoms with van der Waals surface area (Å²) in [4.78, 5) is 0. The molecule has 0 saturated carbocycles. The minimum Gasteiger partial charge on any atom is -0.391 e. The molecule has 0 aromatic heterocycles. The third-order valence-corrected chi connectivity index (χ3v) is 5.02. The van der Waals surface area contributed by atoms with E-state index in [-0.39, 0.29) is 0 Å². The lowest BCUT2D eigenvalue weighted by atomic mass is 9.94. The van der Waals surface area contributed by atoms with Gasteiger partial charge in [0.05, 0.1) is 0 Å². The molecular formula is C15H26N2S. The van der Waals surface area contributed by atoms with E-state index in [2.05, 4.69) is 29.2 Å². The van der Waals surface area contributed by atoms with Crippen molar-refractivity contribution < 1.29 is 0 Å². The van der Waals surface area contributed by atoms with Gasteiger partial charge in [-0.15, -0.1) is 0 Å². The summed E-state index contributed by atoms with van der Waals surface area (Å²) >= 11 is 1.95. The van der Waals surface area contributed by atoms with Crippen molar-refractivity contribution in [2.75, 3.05) is 13.6 Å². The lowest BCUT2D eigenvalue weighted by molar-refractivity contribution is 0.615. The Labute approximate surface area is 116 Å². The first-order valence-corrected chi connectivity index (χ1v) is 8.20. The summed E-state index contributed by atoms with van der Waals surface area (Å²) in [5.74, 6) is 0. The van der Waals surface area contributed by atoms with Crippen LogP contribution in [-0.4, -0.2) is 18.8 Å². The van der Waals surface area contributed by atoms with Gasteiger partial charge in [0.25, 0.3) is 0 Å². The van der Waals surface area contributed by atoms with Gasteiger partial charge in [0.1, 0.15) is 0 Å². The summed E-state index contributed by atoms with van der Waals surface area (Å²) in [6.07, 6.45) is 15.0. The monoisotopic (exact) mass is 266 g/mol. The molecule has 0 fully saturated rings. The van der Waals surface area contributed by atoms with Gasteiger partial charge in [0.15, 0.2) is 0 Å². The van der Waals surface area contributed by atoms with Gasteiger partial charge in [-0.1, -0.05) is 24.1 Å². The number of nitrogens with one attached hydrogen (secondary N) is 2. The van der Waals surface area contributed by atoms with Crippen LogP contribution in [0, 0.1) is 0 Å². The number of hydrogen-bond donors (Lipinski definition) is 2. The maximum absolute atomic E-state index is 3.57. The van der Waals surface area contributed by atoms with Gasteiger partial charge in [-0.05, 0) is 56.9 Å². The van der Waals surface area contributed by atoms with Gasteiger partial charge in [-0.3, -0.25) is 4.72 Å². The van der Waals surface area contributed by atoms with E-state index in [1.807, 2.05) is 11.9 Å². The molecule has 2 N–H and O–H groups in total. The molecule has 1 unspecified atom stereocenters. The first kappa shape index (κ1) is 14.0. The maximum Gasteiger partial charge on any atom is 0.0230 e. The zero-order valence-corrected chi connectivity index (χ0v) is 12.3. The molecule has 0 aromatic rings. The zero-order valence-electron chi connectivity index (χ0n) is 11.5. The van der Waals surface area contributed by atoms with E-state index < -0.39 is 0 Å². The number of hydrogen-bond acceptors (Lipinski definition) is 3. The van der Waals surface area contributed by atoms with Crippen LogP contribution in [0.5, 0.6) is 0 Å². The van der Waals surface area contributed by atoms with Crippen LogP contribution >= 0.6 is 11.9 Å². The van der Waals surface area contributed by atoms with Crippen molar-refractivity contribution in [1.29, 1.82) is 0 Å². The van der Waals surface area contributed by atoms with Crippen LogP contribution in [0.15, 0.2) is 23.4 Å². The third kappa shape index (κ3) is 4.36. The van der Waals surface area contributed by atoms with E-state index in [0.29, 0.717) is 0 Å². The average Bonchev–Trinajstić information content (AvgIpc) is 2.45. The molecule has 0 radical (unpaired) electrons. The molecule has 0 bridgehead atoms. The molecule has 0 spiro atoms. The summed E-state index contributed by atoms with van der Waals surface area (Å²) in [6.45, 7) is 1.12. The highest BCUT2D eigenvalue weighted by molar-refractivity contribution is 7.98. The Balaban J connectivity index is 1.65. The van der Waals surface area contributed by atoms with E-state index in [1.54, 1.807) is 5.57 Å². The van der Waals surface area contributed by atoms with Crippen molar-refractivity contribution in [2.45, 2.75) is 56.6 Å². The summed E-state index contributed by atoms with van der Waals surface area (Å²) in [6, 6.07) is 0. The Morgan fingerprint density at radius 1 is 1.28 bits per heavy atom. The van der Waals surface area contributed by atoms with Crippen molar-refractivity contribution in [1.82, 2.24) is 10.0 Å². The fourth-order valence-corrected chi connectivity index (χ4v) is 3.71. The van der Waals surface area contributed by atoms with Crippen molar-refractivity contribution in [3.05, 3.63) is 23.4 Å². The van der Waals surface area contributed by atoms with Gasteiger partial charge in [-0.2, -0.15) is 0 Å². The summed E-state index contributed by atoms with van der Waals surface area (Å²) in [5.41, 5.74) is 3.16. The maximum atomic E-state index is 3.57. The lowest BCUT2D eigenvalue weighted by Crippen LogP contribution is -2.18. The molecule has 18 heavy (non-hydrogen) atoms. The van der Waals surface area contributed by atoms with Crippen LogP contribution in [0.2, 0.25) is 0 Å². The van der Waals surface area contributed by atoms with E-state index >= 15 is 0 Å². The van der Waals surface area contributed by atoms with Crippen LogP contribution in [0.4, 0.5) is 0 Å². The second-order valence-electron chi connectivity index (χ2n) is 5.21. The van der Waals surface area contributed by atoms with Crippen molar-refractivity contribution in [3.8, 4) is 0 Å². The van der Waals surface area contributed by atoms with E-state index in [9.17, 15) is 0 Å². The number of allylic oxidation sites excluding steroid dienone is 3.